The van der Waals surface area contributed by atoms with Crippen LogP contribution in [0.1, 0.15) is 374 Å². The summed E-state index contributed by atoms with van der Waals surface area (Å²) in [6, 6.07) is 0. The maximum absolute atomic E-state index is 12.3. The number of carbonyl (C=O) groups is 4. The fraction of sp³-hybridized carbons (Fsp3) is 0.941. The van der Waals surface area contributed by atoms with Crippen molar-refractivity contribution in [2.45, 2.75) is 385 Å². The molecule has 0 aromatic carbocycles. The summed E-state index contributed by atoms with van der Waals surface area (Å²) in [4.78, 5) is 48.7. The molecular formula is C68H132O14S2. The molecule has 0 bridgehead atoms. The molecule has 0 aliphatic heterocycles. The molecule has 2 unspecified atom stereocenters. The van der Waals surface area contributed by atoms with Crippen LogP contribution in [-0.2, 0) is 58.4 Å². The maximum atomic E-state index is 12.3. The van der Waals surface area contributed by atoms with Gasteiger partial charge >= 0.3 is 23.9 Å². The normalized spacial score (nSPS) is 12.4. The lowest BCUT2D eigenvalue weighted by atomic mass is 10.0. The standard InChI is InChI=1S/C40H78O7S.C28H54O7S/c1-3-5-7-9-11-13-15-17-19-21-23-25-27-29-31-33-35-46-39(41)37-38(48(43,44)45)40(42)47-36-34-32-30-28-26-24-22-20-18-16-14-12-10-8-6-4-2;1-3-5-7-9-11-13-15-17-19-21-23-34-27(29)25-26(36(31,32)33)28(30)35-24-22-20-18-16-14-12-10-8-6-4-2/h38H,3-37H2,1-2H3,(H,43,44,45);26H,3-25H2,1-2H3,(H,31,32,33). The number of unbranched alkanes of at least 4 members (excludes halogenated alkanes) is 48. The topological polar surface area (TPSA) is 214 Å². The Kier molecular flexibility index (Phi) is 63.5. The van der Waals surface area contributed by atoms with Crippen LogP contribution in [0.25, 0.3) is 0 Å². The molecule has 500 valence electrons. The molecule has 0 heterocycles. The number of esters is 4. The molecule has 0 radical (unpaired) electrons. The fourth-order valence-corrected chi connectivity index (χ4v) is 11.7. The minimum Gasteiger partial charge on any atom is -0.466 e. The molecule has 2 atom stereocenters. The second-order valence-electron chi connectivity index (χ2n) is 24.2. The highest BCUT2D eigenvalue weighted by molar-refractivity contribution is 7.87. The molecule has 0 saturated carbocycles. The average molecular weight is 1240 g/mol. The lowest BCUT2D eigenvalue weighted by Gasteiger charge is -2.13. The monoisotopic (exact) mass is 1240 g/mol. The Morgan fingerprint density at radius 1 is 0.250 bits per heavy atom. The van der Waals surface area contributed by atoms with Crippen molar-refractivity contribution >= 4 is 44.1 Å². The Morgan fingerprint density at radius 3 is 0.548 bits per heavy atom. The lowest BCUT2D eigenvalue weighted by molar-refractivity contribution is -0.150. The van der Waals surface area contributed by atoms with Gasteiger partial charge in [0, 0.05) is 0 Å². The van der Waals surface area contributed by atoms with Gasteiger partial charge in [0.2, 0.25) is 0 Å². The van der Waals surface area contributed by atoms with Crippen LogP contribution >= 0.6 is 0 Å². The van der Waals surface area contributed by atoms with Crippen LogP contribution in [0.3, 0.4) is 0 Å². The maximum Gasteiger partial charge on any atom is 0.327 e. The molecule has 14 nitrogen and oxygen atoms in total. The van der Waals surface area contributed by atoms with Crippen molar-refractivity contribution in [3.05, 3.63) is 0 Å². The predicted octanol–water partition coefficient (Wildman–Crippen LogP) is 19.8. The smallest absolute Gasteiger partial charge is 0.327 e. The second kappa shape index (κ2) is 63.7. The molecule has 0 aliphatic carbocycles. The van der Waals surface area contributed by atoms with Crippen LogP contribution in [0, 0.1) is 0 Å². The lowest BCUT2D eigenvalue weighted by Crippen LogP contribution is -2.34. The molecule has 0 rings (SSSR count). The van der Waals surface area contributed by atoms with Crippen molar-refractivity contribution in [1.82, 2.24) is 0 Å². The van der Waals surface area contributed by atoms with Gasteiger partial charge in [-0.15, -0.1) is 0 Å². The summed E-state index contributed by atoms with van der Waals surface area (Å²) in [5, 5.41) is -3.86. The van der Waals surface area contributed by atoms with Gasteiger partial charge in [0.1, 0.15) is 0 Å². The van der Waals surface area contributed by atoms with Crippen molar-refractivity contribution in [2.75, 3.05) is 26.4 Å². The van der Waals surface area contributed by atoms with E-state index in [2.05, 4.69) is 27.7 Å². The quantitative estimate of drug-likeness (QED) is 0.0251. The first-order chi connectivity index (χ1) is 40.6. The van der Waals surface area contributed by atoms with E-state index >= 15 is 0 Å². The van der Waals surface area contributed by atoms with Crippen molar-refractivity contribution in [2.24, 2.45) is 0 Å². The molecule has 0 aromatic rings. The SMILES string of the molecule is CCCCCCCCCCCCCCCCCCOC(=O)CC(C(=O)OCCCCCCCCCCCCCCCCCC)S(=O)(=O)O.CCCCCCCCCCCCOC(=O)CC(C(=O)OCCCCCCCCCCCC)S(=O)(=O)O. The van der Waals surface area contributed by atoms with E-state index in [4.69, 9.17) is 18.9 Å². The summed E-state index contributed by atoms with van der Waals surface area (Å²) in [6.45, 7) is 9.46. The van der Waals surface area contributed by atoms with E-state index in [1.54, 1.807) is 0 Å². The van der Waals surface area contributed by atoms with E-state index in [1.165, 1.54) is 238 Å². The van der Waals surface area contributed by atoms with Gasteiger partial charge in [0.15, 0.2) is 10.5 Å². The Hall–Kier alpha value is -2.30. The Balaban J connectivity index is 0. The number of hydrogen-bond donors (Lipinski definition) is 2. The summed E-state index contributed by atoms with van der Waals surface area (Å²) >= 11 is 0. The van der Waals surface area contributed by atoms with E-state index in [-0.39, 0.29) is 26.4 Å². The van der Waals surface area contributed by atoms with Crippen molar-refractivity contribution in [3.63, 3.8) is 0 Å². The van der Waals surface area contributed by atoms with Gasteiger partial charge in [0.05, 0.1) is 39.3 Å². The highest BCUT2D eigenvalue weighted by atomic mass is 32.2. The third-order valence-corrected chi connectivity index (χ3v) is 18.1. The molecule has 0 aliphatic rings. The molecule has 84 heavy (non-hydrogen) atoms. The summed E-state index contributed by atoms with van der Waals surface area (Å²) in [6.07, 6.45) is 61.1. The first kappa shape index (κ1) is 83.8. The molecule has 0 amide bonds. The number of ether oxygens (including phenoxy) is 4. The summed E-state index contributed by atoms with van der Waals surface area (Å²) in [7, 11) is -9.52. The van der Waals surface area contributed by atoms with Crippen LogP contribution < -0.4 is 0 Å². The minimum absolute atomic E-state index is 0.0784. The largest absolute Gasteiger partial charge is 0.466 e. The predicted molar refractivity (Wildman–Crippen MR) is 347 cm³/mol. The molecule has 0 spiro atoms. The van der Waals surface area contributed by atoms with E-state index in [0.717, 1.165) is 70.6 Å². The summed E-state index contributed by atoms with van der Waals surface area (Å²) in [5.74, 6) is -3.80. The fourth-order valence-electron chi connectivity index (χ4n) is 10.4. The summed E-state index contributed by atoms with van der Waals surface area (Å²) < 4.78 is 86.1. The zero-order chi connectivity index (χ0) is 62.3. The third kappa shape index (κ3) is 61.4. The van der Waals surface area contributed by atoms with E-state index in [9.17, 15) is 45.1 Å². The highest BCUT2D eigenvalue weighted by Gasteiger charge is 2.36. The van der Waals surface area contributed by atoms with Crippen LogP contribution in [0.2, 0.25) is 0 Å². The number of hydrogen-bond acceptors (Lipinski definition) is 12. The van der Waals surface area contributed by atoms with Crippen molar-refractivity contribution < 1.29 is 64.1 Å². The Morgan fingerprint density at radius 2 is 0.393 bits per heavy atom. The third-order valence-electron chi connectivity index (χ3n) is 16.0. The number of rotatable bonds is 64. The Labute approximate surface area is 517 Å². The zero-order valence-corrected chi connectivity index (χ0v) is 56.4. The van der Waals surface area contributed by atoms with Gasteiger partial charge in [-0.2, -0.15) is 16.8 Å². The summed E-state index contributed by atoms with van der Waals surface area (Å²) in [5.41, 5.74) is 0. The van der Waals surface area contributed by atoms with Gasteiger partial charge in [-0.05, 0) is 25.7 Å². The van der Waals surface area contributed by atoms with Crippen LogP contribution in [-0.4, -0.2) is 86.7 Å². The molecule has 0 aromatic heterocycles. The van der Waals surface area contributed by atoms with Gasteiger partial charge in [-0.3, -0.25) is 28.3 Å². The first-order valence-corrected chi connectivity index (χ1v) is 38.2. The van der Waals surface area contributed by atoms with Gasteiger partial charge in [0.25, 0.3) is 20.2 Å². The van der Waals surface area contributed by atoms with Gasteiger partial charge < -0.3 is 18.9 Å². The molecule has 0 fully saturated rings. The van der Waals surface area contributed by atoms with Gasteiger partial charge in [-0.25, -0.2) is 0 Å². The van der Waals surface area contributed by atoms with Crippen molar-refractivity contribution in [1.29, 1.82) is 0 Å². The zero-order valence-electron chi connectivity index (χ0n) is 54.8. The molecular weight excluding hydrogens is 1100 g/mol. The van der Waals surface area contributed by atoms with E-state index < -0.39 is 67.5 Å². The van der Waals surface area contributed by atoms with Crippen LogP contribution in [0.4, 0.5) is 0 Å². The van der Waals surface area contributed by atoms with Crippen molar-refractivity contribution in [3.8, 4) is 0 Å². The van der Waals surface area contributed by atoms with E-state index in [0.29, 0.717) is 25.7 Å². The van der Waals surface area contributed by atoms with Crippen LogP contribution in [0.5, 0.6) is 0 Å². The molecule has 0 saturated heterocycles. The van der Waals surface area contributed by atoms with E-state index in [1.807, 2.05) is 0 Å². The second-order valence-corrected chi connectivity index (χ2v) is 27.4. The minimum atomic E-state index is -4.77. The number of carbonyl (C=O) groups excluding carboxylic acids is 4. The van der Waals surface area contributed by atoms with Gasteiger partial charge in [-0.1, -0.05) is 336 Å². The Bertz CT molecular complexity index is 1690. The van der Waals surface area contributed by atoms with Crippen LogP contribution in [0.15, 0.2) is 0 Å². The molecule has 16 heteroatoms. The molecule has 2 N–H and O–H groups in total. The average Bonchev–Trinajstić information content (AvgIpc) is 3.63. The first-order valence-electron chi connectivity index (χ1n) is 35.2. The highest BCUT2D eigenvalue weighted by Crippen LogP contribution is 2.19.